The highest BCUT2D eigenvalue weighted by Gasteiger charge is 2.23. The molecule has 1 aromatic rings. The van der Waals surface area contributed by atoms with E-state index in [1.807, 2.05) is 6.92 Å². The smallest absolute Gasteiger partial charge is 0.409 e. The highest BCUT2D eigenvalue weighted by Crippen LogP contribution is 2.11. The third-order valence-corrected chi connectivity index (χ3v) is 4.36. The predicted octanol–water partition coefficient (Wildman–Crippen LogP) is 2.22. The Kier molecular flexibility index (Phi) is 10.5. The Labute approximate surface area is 179 Å². The number of guanidine groups is 1. The van der Waals surface area contributed by atoms with Crippen LogP contribution in [0.5, 0.6) is 0 Å². The van der Waals surface area contributed by atoms with Crippen LogP contribution in [0.4, 0.5) is 4.79 Å². The fourth-order valence-electron chi connectivity index (χ4n) is 3.05. The molecule has 7 nitrogen and oxygen atoms in total. The monoisotopic (exact) mass is 489 g/mol. The summed E-state index contributed by atoms with van der Waals surface area (Å²) in [6.07, 6.45) is -0.229. The van der Waals surface area contributed by atoms with Gasteiger partial charge in [-0.05, 0) is 32.1 Å². The van der Waals surface area contributed by atoms with Gasteiger partial charge in [0.2, 0.25) is 0 Å². The molecule has 0 unspecified atom stereocenters. The average molecular weight is 489 g/mol. The second-order valence-electron chi connectivity index (χ2n) is 6.58. The number of carbonyl (C=O) groups excluding carboxylic acids is 1. The molecular weight excluding hydrogens is 457 g/mol. The van der Waals surface area contributed by atoms with Gasteiger partial charge in [0.15, 0.2) is 5.96 Å². The quantitative estimate of drug-likeness (QED) is 0.391. The fourth-order valence-corrected chi connectivity index (χ4v) is 3.05. The van der Waals surface area contributed by atoms with Crippen molar-refractivity contribution in [1.29, 1.82) is 0 Å². The van der Waals surface area contributed by atoms with Crippen LogP contribution >= 0.6 is 24.0 Å². The summed E-state index contributed by atoms with van der Waals surface area (Å²) in [5.41, 5.74) is 2.58. The number of hydrogen-bond donors (Lipinski definition) is 1. The van der Waals surface area contributed by atoms with Crippen LogP contribution in [0.15, 0.2) is 29.3 Å². The van der Waals surface area contributed by atoms with Crippen LogP contribution in [-0.4, -0.2) is 80.7 Å². The average Bonchev–Trinajstić information content (AvgIpc) is 2.64. The summed E-state index contributed by atoms with van der Waals surface area (Å²) >= 11 is 0. The van der Waals surface area contributed by atoms with Crippen molar-refractivity contribution < 1.29 is 9.53 Å². The number of nitrogens with zero attached hydrogens (tertiary/aromatic N) is 4. The summed E-state index contributed by atoms with van der Waals surface area (Å²) in [5, 5.41) is 3.46. The van der Waals surface area contributed by atoms with Gasteiger partial charge in [0, 0.05) is 46.3 Å². The van der Waals surface area contributed by atoms with E-state index in [4.69, 9.17) is 4.74 Å². The van der Waals surface area contributed by atoms with Gasteiger partial charge >= 0.3 is 6.09 Å². The Morgan fingerprint density at radius 2 is 1.74 bits per heavy atom. The molecule has 1 aliphatic heterocycles. The van der Waals surface area contributed by atoms with Gasteiger partial charge in [-0.3, -0.25) is 4.99 Å². The van der Waals surface area contributed by atoms with E-state index in [9.17, 15) is 4.79 Å². The van der Waals surface area contributed by atoms with Crippen molar-refractivity contribution in [1.82, 2.24) is 20.0 Å². The maximum absolute atomic E-state index is 11.8. The molecule has 0 aliphatic carbocycles. The third kappa shape index (κ3) is 7.17. The molecule has 8 heteroatoms. The van der Waals surface area contributed by atoms with E-state index in [0.717, 1.165) is 32.1 Å². The predicted molar refractivity (Wildman–Crippen MR) is 120 cm³/mol. The highest BCUT2D eigenvalue weighted by molar-refractivity contribution is 14.0. The number of amides is 1. The number of hydrogen-bond acceptors (Lipinski definition) is 4. The molecule has 0 spiro atoms. The Balaban J connectivity index is 0.00000364. The van der Waals surface area contributed by atoms with Gasteiger partial charge in [-0.15, -0.1) is 24.0 Å². The molecule has 1 heterocycles. The number of benzene rings is 1. The molecule has 0 aromatic heterocycles. The van der Waals surface area contributed by atoms with E-state index in [2.05, 4.69) is 58.5 Å². The molecule has 27 heavy (non-hydrogen) atoms. The maximum Gasteiger partial charge on any atom is 0.409 e. The van der Waals surface area contributed by atoms with Gasteiger partial charge in [-0.25, -0.2) is 4.79 Å². The Hall–Kier alpha value is -1.55. The Bertz CT molecular complexity index is 616. The molecule has 1 aromatic carbocycles. The van der Waals surface area contributed by atoms with Crippen molar-refractivity contribution in [2.75, 3.05) is 53.9 Å². The zero-order valence-corrected chi connectivity index (χ0v) is 19.1. The zero-order valence-electron chi connectivity index (χ0n) is 16.8. The van der Waals surface area contributed by atoms with Crippen LogP contribution in [-0.2, 0) is 17.8 Å². The first-order chi connectivity index (χ1) is 12.5. The molecule has 0 bridgehead atoms. The second kappa shape index (κ2) is 12.0. The van der Waals surface area contributed by atoms with E-state index in [0.29, 0.717) is 19.7 Å². The lowest BCUT2D eigenvalue weighted by Crippen LogP contribution is -2.53. The topological polar surface area (TPSA) is 60.4 Å². The van der Waals surface area contributed by atoms with Crippen LogP contribution < -0.4 is 5.32 Å². The van der Waals surface area contributed by atoms with E-state index in [-0.39, 0.29) is 30.1 Å². The van der Waals surface area contributed by atoms with Gasteiger partial charge in [0.1, 0.15) is 0 Å². The fraction of sp³-hybridized carbons (Fsp3) is 0.579. The second-order valence-corrected chi connectivity index (χ2v) is 6.58. The van der Waals surface area contributed by atoms with Crippen LogP contribution in [0.25, 0.3) is 0 Å². The third-order valence-electron chi connectivity index (χ3n) is 4.36. The summed E-state index contributed by atoms with van der Waals surface area (Å²) in [7, 11) is 5.95. The Morgan fingerprint density at radius 1 is 1.15 bits per heavy atom. The molecule has 0 radical (unpaired) electrons. The van der Waals surface area contributed by atoms with Crippen molar-refractivity contribution in [3.63, 3.8) is 0 Å². The first-order valence-corrected chi connectivity index (χ1v) is 9.14. The van der Waals surface area contributed by atoms with Crippen molar-refractivity contribution in [3.05, 3.63) is 35.4 Å². The van der Waals surface area contributed by atoms with Gasteiger partial charge in [0.25, 0.3) is 0 Å². The largest absolute Gasteiger partial charge is 0.450 e. The van der Waals surface area contributed by atoms with Crippen molar-refractivity contribution in [2.24, 2.45) is 4.99 Å². The standard InChI is InChI=1S/C19H31N5O2.HI/c1-5-26-19(25)24-12-10-23(11-13-24)18(20-2)21-14-16-8-6-7-9-17(16)15-22(3)4;/h6-9H,5,10-15H2,1-4H3,(H,20,21);1H. The number of aliphatic imine (C=N–C) groups is 1. The lowest BCUT2D eigenvalue weighted by Gasteiger charge is -2.36. The van der Waals surface area contributed by atoms with Gasteiger partial charge in [0.05, 0.1) is 6.61 Å². The summed E-state index contributed by atoms with van der Waals surface area (Å²) < 4.78 is 5.07. The minimum absolute atomic E-state index is 0. The van der Waals surface area contributed by atoms with E-state index in [1.54, 1.807) is 11.9 Å². The van der Waals surface area contributed by atoms with E-state index in [1.165, 1.54) is 11.1 Å². The SMILES string of the molecule is CCOC(=O)N1CCN(C(=NC)NCc2ccccc2CN(C)C)CC1.I. The lowest BCUT2D eigenvalue weighted by molar-refractivity contribution is 0.0914. The lowest BCUT2D eigenvalue weighted by atomic mass is 10.1. The summed E-state index contributed by atoms with van der Waals surface area (Å²) in [5.74, 6) is 0.869. The minimum Gasteiger partial charge on any atom is -0.450 e. The van der Waals surface area contributed by atoms with Crippen molar-refractivity contribution in [3.8, 4) is 0 Å². The van der Waals surface area contributed by atoms with Gasteiger partial charge in [-0.2, -0.15) is 0 Å². The maximum atomic E-state index is 11.8. The molecule has 1 fully saturated rings. The molecule has 0 atom stereocenters. The first-order valence-electron chi connectivity index (χ1n) is 9.14. The normalized spacial score (nSPS) is 14.8. The summed E-state index contributed by atoms with van der Waals surface area (Å²) in [6, 6.07) is 8.46. The zero-order chi connectivity index (χ0) is 18.9. The molecule has 2 rings (SSSR count). The molecule has 1 amide bonds. The van der Waals surface area contributed by atoms with E-state index < -0.39 is 0 Å². The Morgan fingerprint density at radius 3 is 2.30 bits per heavy atom. The van der Waals surface area contributed by atoms with Crippen LogP contribution in [0.2, 0.25) is 0 Å². The van der Waals surface area contributed by atoms with Crippen molar-refractivity contribution in [2.45, 2.75) is 20.0 Å². The molecule has 1 N–H and O–H groups in total. The van der Waals surface area contributed by atoms with Crippen LogP contribution in [0, 0.1) is 0 Å². The summed E-state index contributed by atoms with van der Waals surface area (Å²) in [6.45, 7) is 6.68. The van der Waals surface area contributed by atoms with Crippen LogP contribution in [0.1, 0.15) is 18.1 Å². The van der Waals surface area contributed by atoms with Crippen LogP contribution in [0.3, 0.4) is 0 Å². The molecule has 1 saturated heterocycles. The molecule has 1 aliphatic rings. The highest BCUT2D eigenvalue weighted by atomic mass is 127. The molecule has 0 saturated carbocycles. The number of carbonyl (C=O) groups is 1. The number of nitrogens with one attached hydrogen (secondary N) is 1. The molecular formula is C19H32IN5O2. The summed E-state index contributed by atoms with van der Waals surface area (Å²) in [4.78, 5) is 22.3. The number of rotatable bonds is 5. The first kappa shape index (κ1) is 23.5. The number of ether oxygens (including phenoxy) is 1. The van der Waals surface area contributed by atoms with Gasteiger partial charge < -0.3 is 24.8 Å². The molecule has 152 valence electrons. The minimum atomic E-state index is -0.229. The van der Waals surface area contributed by atoms with Gasteiger partial charge in [-0.1, -0.05) is 24.3 Å². The number of piperazine rings is 1. The number of halogens is 1. The van der Waals surface area contributed by atoms with E-state index >= 15 is 0 Å². The van der Waals surface area contributed by atoms with Crippen molar-refractivity contribution >= 4 is 36.0 Å².